The Morgan fingerprint density at radius 1 is 1.18 bits per heavy atom. The lowest BCUT2D eigenvalue weighted by molar-refractivity contribution is -0.137. The van der Waals surface area contributed by atoms with Crippen LogP contribution in [0.3, 0.4) is 0 Å². The minimum absolute atomic E-state index is 0.0517. The van der Waals surface area contributed by atoms with Gasteiger partial charge in [-0.1, -0.05) is 18.6 Å². The molecule has 0 radical (unpaired) electrons. The molecule has 1 aliphatic rings. The van der Waals surface area contributed by atoms with E-state index >= 15 is 0 Å². The molecular formula is C24H27F3N6O. The third-order valence-corrected chi connectivity index (χ3v) is 6.34. The topological polar surface area (TPSA) is 76.8 Å². The van der Waals surface area contributed by atoms with Crippen LogP contribution >= 0.6 is 0 Å². The molecule has 0 bridgehead atoms. The quantitative estimate of drug-likeness (QED) is 0.544. The minimum Gasteiger partial charge on any atom is -0.335 e. The number of hydrogen-bond acceptors (Lipinski definition) is 5. The molecule has 2 atom stereocenters. The zero-order valence-electron chi connectivity index (χ0n) is 19.4. The van der Waals surface area contributed by atoms with Gasteiger partial charge in [0.05, 0.1) is 11.1 Å². The molecule has 3 heterocycles. The van der Waals surface area contributed by atoms with Gasteiger partial charge in [-0.05, 0) is 74.9 Å². The summed E-state index contributed by atoms with van der Waals surface area (Å²) in [5.41, 5.74) is 1.83. The fourth-order valence-electron chi connectivity index (χ4n) is 4.51. The van der Waals surface area contributed by atoms with E-state index in [-0.39, 0.29) is 17.9 Å². The van der Waals surface area contributed by atoms with Crippen molar-refractivity contribution in [1.82, 2.24) is 30.1 Å². The van der Waals surface area contributed by atoms with Crippen LogP contribution in [-0.4, -0.2) is 48.6 Å². The number of pyridine rings is 1. The lowest BCUT2D eigenvalue weighted by Crippen LogP contribution is -2.48. The van der Waals surface area contributed by atoms with E-state index in [0.717, 1.165) is 30.7 Å². The first-order valence-corrected chi connectivity index (χ1v) is 11.3. The second-order valence-corrected chi connectivity index (χ2v) is 8.91. The van der Waals surface area contributed by atoms with Gasteiger partial charge in [-0.25, -0.2) is 0 Å². The maximum Gasteiger partial charge on any atom is 0.417 e. The van der Waals surface area contributed by atoms with Crippen LogP contribution in [-0.2, 0) is 12.6 Å². The average molecular weight is 473 g/mol. The molecule has 0 spiro atoms. The molecule has 0 aliphatic carbocycles. The van der Waals surface area contributed by atoms with E-state index in [2.05, 4.69) is 27.3 Å². The molecule has 1 aromatic carbocycles. The fraction of sp³-hybridized carbons (Fsp3) is 0.458. The Morgan fingerprint density at radius 3 is 2.62 bits per heavy atom. The first-order valence-electron chi connectivity index (χ1n) is 11.3. The lowest BCUT2D eigenvalue weighted by Gasteiger charge is -2.40. The van der Waals surface area contributed by atoms with Gasteiger partial charge < -0.3 is 4.90 Å². The Kier molecular flexibility index (Phi) is 6.67. The highest BCUT2D eigenvalue weighted by molar-refractivity contribution is 5.98. The molecule has 3 aromatic rings. The second-order valence-electron chi connectivity index (χ2n) is 8.91. The van der Waals surface area contributed by atoms with E-state index in [9.17, 15) is 18.0 Å². The number of carbonyl (C=O) groups is 1. The van der Waals surface area contributed by atoms with E-state index in [1.807, 2.05) is 30.0 Å². The Labute approximate surface area is 196 Å². The average Bonchev–Trinajstić information content (AvgIpc) is 3.23. The predicted molar refractivity (Wildman–Crippen MR) is 119 cm³/mol. The molecule has 1 amide bonds. The molecule has 1 aliphatic heterocycles. The van der Waals surface area contributed by atoms with Gasteiger partial charge in [0.1, 0.15) is 5.69 Å². The number of piperidine rings is 1. The number of likely N-dealkylation sites (tertiary alicyclic amines) is 1. The summed E-state index contributed by atoms with van der Waals surface area (Å²) in [4.78, 5) is 21.0. The van der Waals surface area contributed by atoms with Crippen molar-refractivity contribution in [2.24, 2.45) is 5.92 Å². The lowest BCUT2D eigenvalue weighted by atomic mass is 9.86. The molecule has 0 saturated carbocycles. The van der Waals surface area contributed by atoms with Gasteiger partial charge in [0, 0.05) is 24.5 Å². The van der Waals surface area contributed by atoms with Crippen LogP contribution in [0.1, 0.15) is 59.2 Å². The van der Waals surface area contributed by atoms with Crippen molar-refractivity contribution in [1.29, 1.82) is 0 Å². The molecule has 0 unspecified atom stereocenters. The van der Waals surface area contributed by atoms with Gasteiger partial charge >= 0.3 is 6.18 Å². The number of aryl methyl sites for hydroxylation is 3. The highest BCUT2D eigenvalue weighted by Gasteiger charge is 2.34. The van der Waals surface area contributed by atoms with Crippen molar-refractivity contribution in [2.45, 2.75) is 58.7 Å². The molecule has 4 rings (SSSR count). The summed E-state index contributed by atoms with van der Waals surface area (Å²) in [6.07, 6.45) is -0.554. The number of amides is 1. The second kappa shape index (κ2) is 9.52. The van der Waals surface area contributed by atoms with E-state index in [4.69, 9.17) is 0 Å². The summed E-state index contributed by atoms with van der Waals surface area (Å²) >= 11 is 0. The summed E-state index contributed by atoms with van der Waals surface area (Å²) in [5.74, 6) is 0.658. The number of carbonyl (C=O) groups excluding carboxylic acids is 1. The van der Waals surface area contributed by atoms with Gasteiger partial charge in [-0.2, -0.15) is 13.2 Å². The van der Waals surface area contributed by atoms with Crippen LogP contribution in [0.2, 0.25) is 0 Å². The number of hydrogen-bond donors (Lipinski definition) is 0. The fourth-order valence-corrected chi connectivity index (χ4v) is 4.51. The molecule has 2 aromatic heterocycles. The smallest absolute Gasteiger partial charge is 0.335 e. The first kappa shape index (κ1) is 23.8. The summed E-state index contributed by atoms with van der Waals surface area (Å²) in [6.45, 7) is 6.39. The maximum atomic E-state index is 13.8. The SMILES string of the molecule is Cc1ccc(-n2nnc(C)n2)c(C(=O)N2CCC[C@@H](C)[C@H]2CCc2ccc(C(F)(F)F)cn2)c1. The van der Waals surface area contributed by atoms with Gasteiger partial charge in [0.15, 0.2) is 5.82 Å². The van der Waals surface area contributed by atoms with Crippen LogP contribution in [0, 0.1) is 19.8 Å². The third kappa shape index (κ3) is 5.10. The number of aromatic nitrogens is 5. The molecule has 7 nitrogen and oxygen atoms in total. The summed E-state index contributed by atoms with van der Waals surface area (Å²) in [6, 6.07) is 7.98. The first-order chi connectivity index (χ1) is 16.1. The van der Waals surface area contributed by atoms with E-state index in [0.29, 0.717) is 42.2 Å². The molecule has 34 heavy (non-hydrogen) atoms. The number of halogens is 3. The van der Waals surface area contributed by atoms with E-state index in [1.54, 1.807) is 6.92 Å². The Hall–Kier alpha value is -3.30. The van der Waals surface area contributed by atoms with Crippen LogP contribution in [0.5, 0.6) is 0 Å². The zero-order valence-corrected chi connectivity index (χ0v) is 19.4. The molecule has 180 valence electrons. The van der Waals surface area contributed by atoms with Crippen molar-refractivity contribution in [3.05, 3.63) is 64.7 Å². The number of benzene rings is 1. The third-order valence-electron chi connectivity index (χ3n) is 6.34. The predicted octanol–water partition coefficient (Wildman–Crippen LogP) is 4.57. The van der Waals surface area contributed by atoms with Crippen LogP contribution in [0.4, 0.5) is 13.2 Å². The number of rotatable bonds is 5. The zero-order chi connectivity index (χ0) is 24.5. The molecular weight excluding hydrogens is 445 g/mol. The van der Waals surface area contributed by atoms with Crippen LogP contribution in [0.15, 0.2) is 36.5 Å². The summed E-state index contributed by atoms with van der Waals surface area (Å²) < 4.78 is 38.5. The number of nitrogens with zero attached hydrogens (tertiary/aromatic N) is 6. The van der Waals surface area contributed by atoms with Crippen molar-refractivity contribution >= 4 is 5.91 Å². The van der Waals surface area contributed by atoms with Crippen LogP contribution < -0.4 is 0 Å². The minimum atomic E-state index is -4.41. The molecule has 10 heteroatoms. The van der Waals surface area contributed by atoms with Crippen molar-refractivity contribution in [3.8, 4) is 5.69 Å². The largest absolute Gasteiger partial charge is 0.417 e. The monoisotopic (exact) mass is 472 g/mol. The highest BCUT2D eigenvalue weighted by atomic mass is 19.4. The maximum absolute atomic E-state index is 13.8. The van der Waals surface area contributed by atoms with Crippen molar-refractivity contribution in [3.63, 3.8) is 0 Å². The van der Waals surface area contributed by atoms with E-state index in [1.165, 1.54) is 10.9 Å². The Bertz CT molecular complexity index is 1160. The number of tetrazole rings is 1. The molecule has 0 N–H and O–H groups in total. The van der Waals surface area contributed by atoms with Gasteiger partial charge in [-0.3, -0.25) is 9.78 Å². The highest BCUT2D eigenvalue weighted by Crippen LogP contribution is 2.31. The van der Waals surface area contributed by atoms with Crippen molar-refractivity contribution < 1.29 is 18.0 Å². The van der Waals surface area contributed by atoms with Gasteiger partial charge in [-0.15, -0.1) is 15.0 Å². The van der Waals surface area contributed by atoms with Gasteiger partial charge in [0.25, 0.3) is 5.91 Å². The summed E-state index contributed by atoms with van der Waals surface area (Å²) in [5, 5.41) is 12.2. The normalized spacial score (nSPS) is 18.8. The van der Waals surface area contributed by atoms with Gasteiger partial charge in [0.2, 0.25) is 0 Å². The molecule has 1 saturated heterocycles. The number of alkyl halides is 3. The summed E-state index contributed by atoms with van der Waals surface area (Å²) in [7, 11) is 0. The van der Waals surface area contributed by atoms with Crippen LogP contribution in [0.25, 0.3) is 5.69 Å². The van der Waals surface area contributed by atoms with Crippen molar-refractivity contribution in [2.75, 3.05) is 6.54 Å². The Balaban J connectivity index is 1.57. The standard InChI is InChI=1S/C24H27F3N6O/c1-15-6-10-22(33-30-17(3)29-31-33)20(13-15)23(34)32-12-4-5-16(2)21(32)11-9-19-8-7-18(14-28-19)24(25,26)27/h6-8,10,13-14,16,21H,4-5,9,11-12H2,1-3H3/t16-,21-/m1/s1. The van der Waals surface area contributed by atoms with E-state index < -0.39 is 11.7 Å². The Morgan fingerprint density at radius 2 is 1.97 bits per heavy atom. The molecule has 1 fully saturated rings.